The number of thiophene rings is 1. The Bertz CT molecular complexity index is 420. The first-order valence-electron chi connectivity index (χ1n) is 7.26. The molecular weight excluding hydrogens is 280 g/mol. The van der Waals surface area contributed by atoms with Gasteiger partial charge in [0.05, 0.1) is 16.0 Å². The summed E-state index contributed by atoms with van der Waals surface area (Å²) in [5.74, 6) is 0.321. The van der Waals surface area contributed by atoms with E-state index in [1.54, 1.807) is 0 Å². The second-order valence-corrected chi connectivity index (χ2v) is 7.68. The van der Waals surface area contributed by atoms with Gasteiger partial charge in [0.2, 0.25) is 0 Å². The third kappa shape index (κ3) is 2.99. The molecule has 3 rings (SSSR count). The first-order chi connectivity index (χ1) is 9.19. The Kier molecular flexibility index (Phi) is 4.18. The van der Waals surface area contributed by atoms with E-state index in [9.17, 15) is 5.11 Å². The van der Waals surface area contributed by atoms with Crippen molar-refractivity contribution < 1.29 is 9.84 Å². The van der Waals surface area contributed by atoms with Gasteiger partial charge in [-0.3, -0.25) is 0 Å². The zero-order valence-corrected chi connectivity index (χ0v) is 12.7. The molecule has 1 aliphatic carbocycles. The summed E-state index contributed by atoms with van der Waals surface area (Å²) in [4.78, 5) is 1.00. The first-order valence-corrected chi connectivity index (χ1v) is 8.45. The molecule has 4 heteroatoms. The molecule has 0 radical (unpaired) electrons. The van der Waals surface area contributed by atoms with Gasteiger partial charge < -0.3 is 9.84 Å². The largest absolute Gasteiger partial charge is 0.387 e. The highest BCUT2D eigenvalue weighted by Crippen LogP contribution is 2.45. The summed E-state index contributed by atoms with van der Waals surface area (Å²) in [7, 11) is 0. The highest BCUT2D eigenvalue weighted by atomic mass is 35.5. The number of halogens is 1. The number of rotatable bonds is 2. The molecule has 1 aromatic heterocycles. The van der Waals surface area contributed by atoms with Gasteiger partial charge in [-0.25, -0.2) is 0 Å². The van der Waals surface area contributed by atoms with Gasteiger partial charge in [-0.1, -0.05) is 30.9 Å². The fraction of sp³-hybridized carbons (Fsp3) is 0.733. The lowest BCUT2D eigenvalue weighted by molar-refractivity contribution is -0.133. The van der Waals surface area contributed by atoms with Crippen molar-refractivity contribution in [1.82, 2.24) is 0 Å². The zero-order chi connectivity index (χ0) is 13.3. The lowest BCUT2D eigenvalue weighted by Gasteiger charge is -2.44. The Morgan fingerprint density at radius 3 is 2.79 bits per heavy atom. The van der Waals surface area contributed by atoms with E-state index in [1.165, 1.54) is 43.4 Å². The average Bonchev–Trinajstić information content (AvgIpc) is 2.85. The van der Waals surface area contributed by atoms with Crippen molar-refractivity contribution in [3.8, 4) is 0 Å². The summed E-state index contributed by atoms with van der Waals surface area (Å²) < 4.78 is 6.85. The van der Waals surface area contributed by atoms with Crippen LogP contribution in [0, 0.1) is 5.92 Å². The molecule has 0 bridgehead atoms. The minimum atomic E-state index is -0.375. The third-order valence-electron chi connectivity index (χ3n) is 4.63. The average molecular weight is 301 g/mol. The number of aliphatic hydroxyl groups excluding tert-OH is 1. The van der Waals surface area contributed by atoms with Gasteiger partial charge in [0, 0.05) is 11.5 Å². The summed E-state index contributed by atoms with van der Waals surface area (Å²) in [5.41, 5.74) is 0.0587. The Morgan fingerprint density at radius 2 is 2.11 bits per heavy atom. The van der Waals surface area contributed by atoms with E-state index in [-0.39, 0.29) is 11.7 Å². The first kappa shape index (κ1) is 13.9. The van der Waals surface area contributed by atoms with Crippen LogP contribution in [-0.4, -0.2) is 17.3 Å². The molecule has 1 saturated carbocycles. The van der Waals surface area contributed by atoms with Crippen LogP contribution in [-0.2, 0) is 4.74 Å². The molecule has 2 unspecified atom stereocenters. The summed E-state index contributed by atoms with van der Waals surface area (Å²) >= 11 is 7.47. The second-order valence-electron chi connectivity index (χ2n) is 5.93. The maximum Gasteiger partial charge on any atom is 0.0932 e. The number of aliphatic hydroxyl groups is 1. The minimum Gasteiger partial charge on any atom is -0.387 e. The molecule has 2 atom stereocenters. The van der Waals surface area contributed by atoms with Crippen molar-refractivity contribution in [2.75, 3.05) is 6.61 Å². The highest BCUT2D eigenvalue weighted by molar-refractivity contribution is 7.16. The molecule has 1 spiro atoms. The number of hydrogen-bond acceptors (Lipinski definition) is 3. The zero-order valence-electron chi connectivity index (χ0n) is 11.1. The molecule has 1 saturated heterocycles. The lowest BCUT2D eigenvalue weighted by atomic mass is 9.74. The standard InChI is InChI=1S/C15H21ClO2S/c16-13-5-4-12(19-13)14(17)11-6-9-18-15(10-11)7-2-1-3-8-15/h4-5,11,14,17H,1-3,6-10H2. The highest BCUT2D eigenvalue weighted by Gasteiger charge is 2.40. The molecule has 1 aliphatic heterocycles. The van der Waals surface area contributed by atoms with E-state index < -0.39 is 0 Å². The molecular formula is C15H21ClO2S. The predicted molar refractivity (Wildman–Crippen MR) is 78.8 cm³/mol. The van der Waals surface area contributed by atoms with Gasteiger partial charge in [-0.2, -0.15) is 0 Å². The molecule has 106 valence electrons. The predicted octanol–water partition coefficient (Wildman–Crippen LogP) is 4.56. The Balaban J connectivity index is 1.70. The van der Waals surface area contributed by atoms with Crippen LogP contribution < -0.4 is 0 Å². The fourth-order valence-corrected chi connectivity index (χ4v) is 4.74. The molecule has 1 N–H and O–H groups in total. The van der Waals surface area contributed by atoms with Crippen molar-refractivity contribution in [1.29, 1.82) is 0 Å². The molecule has 2 fully saturated rings. The Hall–Kier alpha value is -0.0900. The van der Waals surface area contributed by atoms with E-state index >= 15 is 0 Å². The van der Waals surface area contributed by atoms with Crippen molar-refractivity contribution in [3.05, 3.63) is 21.3 Å². The Labute approximate surface area is 123 Å². The van der Waals surface area contributed by atoms with Crippen molar-refractivity contribution >= 4 is 22.9 Å². The topological polar surface area (TPSA) is 29.5 Å². The number of ether oxygens (including phenoxy) is 1. The van der Waals surface area contributed by atoms with Crippen LogP contribution >= 0.6 is 22.9 Å². The van der Waals surface area contributed by atoms with E-state index in [4.69, 9.17) is 16.3 Å². The van der Waals surface area contributed by atoms with E-state index in [1.807, 2.05) is 12.1 Å². The number of hydrogen-bond donors (Lipinski definition) is 1. The monoisotopic (exact) mass is 300 g/mol. The fourth-order valence-electron chi connectivity index (χ4n) is 3.60. The summed E-state index contributed by atoms with van der Waals surface area (Å²) in [6, 6.07) is 3.83. The van der Waals surface area contributed by atoms with Crippen LogP contribution in [0.15, 0.2) is 12.1 Å². The molecule has 2 heterocycles. The van der Waals surface area contributed by atoms with E-state index in [2.05, 4.69) is 0 Å². The summed E-state index contributed by atoms with van der Waals surface area (Å²) in [6.07, 6.45) is 7.80. The normalized spacial score (nSPS) is 28.4. The van der Waals surface area contributed by atoms with Crippen molar-refractivity contribution in [2.24, 2.45) is 5.92 Å². The molecule has 0 amide bonds. The quantitative estimate of drug-likeness (QED) is 0.867. The van der Waals surface area contributed by atoms with Gasteiger partial charge in [-0.05, 0) is 43.7 Å². The van der Waals surface area contributed by atoms with Crippen LogP contribution in [0.2, 0.25) is 4.34 Å². The van der Waals surface area contributed by atoms with Gasteiger partial charge in [0.1, 0.15) is 0 Å². The third-order valence-corrected chi connectivity index (χ3v) is 5.93. The molecule has 2 nitrogen and oxygen atoms in total. The summed E-state index contributed by atoms with van der Waals surface area (Å²) in [5, 5.41) is 10.6. The van der Waals surface area contributed by atoms with Gasteiger partial charge in [0.15, 0.2) is 0 Å². The molecule has 1 aromatic rings. The summed E-state index contributed by atoms with van der Waals surface area (Å²) in [6.45, 7) is 0.792. The van der Waals surface area contributed by atoms with Crippen LogP contribution in [0.4, 0.5) is 0 Å². The van der Waals surface area contributed by atoms with Crippen LogP contribution in [0.1, 0.15) is 55.9 Å². The maximum atomic E-state index is 10.6. The second kappa shape index (κ2) is 5.72. The molecule has 0 aromatic carbocycles. The Morgan fingerprint density at radius 1 is 1.32 bits per heavy atom. The molecule has 19 heavy (non-hydrogen) atoms. The van der Waals surface area contributed by atoms with Crippen LogP contribution in [0.25, 0.3) is 0 Å². The minimum absolute atomic E-state index is 0.0587. The van der Waals surface area contributed by atoms with E-state index in [0.717, 1.165) is 28.7 Å². The van der Waals surface area contributed by atoms with Crippen molar-refractivity contribution in [2.45, 2.75) is 56.7 Å². The van der Waals surface area contributed by atoms with E-state index in [0.29, 0.717) is 5.92 Å². The smallest absolute Gasteiger partial charge is 0.0932 e. The van der Waals surface area contributed by atoms with Crippen molar-refractivity contribution in [3.63, 3.8) is 0 Å². The van der Waals surface area contributed by atoms with Gasteiger partial charge >= 0.3 is 0 Å². The van der Waals surface area contributed by atoms with Crippen LogP contribution in [0.5, 0.6) is 0 Å². The van der Waals surface area contributed by atoms with Crippen LogP contribution in [0.3, 0.4) is 0 Å². The lowest BCUT2D eigenvalue weighted by Crippen LogP contribution is -2.42. The molecule has 2 aliphatic rings. The SMILES string of the molecule is OC(c1ccc(Cl)s1)C1CCOC2(CCCCC2)C1. The van der Waals surface area contributed by atoms with Gasteiger partial charge in [-0.15, -0.1) is 11.3 Å². The maximum absolute atomic E-state index is 10.6. The van der Waals surface area contributed by atoms with Gasteiger partial charge in [0.25, 0.3) is 0 Å².